The summed E-state index contributed by atoms with van der Waals surface area (Å²) in [5.74, 6) is 2.94. The van der Waals surface area contributed by atoms with Crippen molar-refractivity contribution < 1.29 is 0 Å². The SMILES string of the molecule is NC1(CC2CC3CCC2C3)CCCCc2ccccc21. The molecule has 0 heterocycles. The minimum atomic E-state index is -0.0394. The van der Waals surface area contributed by atoms with Crippen LogP contribution in [0, 0.1) is 17.8 Å². The first kappa shape index (κ1) is 12.9. The zero-order valence-corrected chi connectivity index (χ0v) is 12.5. The molecule has 0 spiro atoms. The van der Waals surface area contributed by atoms with Crippen molar-refractivity contribution in [1.29, 1.82) is 0 Å². The van der Waals surface area contributed by atoms with E-state index in [0.29, 0.717) is 0 Å². The van der Waals surface area contributed by atoms with Gasteiger partial charge in [-0.2, -0.15) is 0 Å². The number of benzene rings is 1. The van der Waals surface area contributed by atoms with Gasteiger partial charge in [0.25, 0.3) is 0 Å². The largest absolute Gasteiger partial charge is 0.321 e. The zero-order valence-electron chi connectivity index (χ0n) is 12.5. The van der Waals surface area contributed by atoms with Gasteiger partial charge in [0.1, 0.15) is 0 Å². The quantitative estimate of drug-likeness (QED) is 0.792. The normalized spacial score (nSPS) is 39.5. The second-order valence-corrected chi connectivity index (χ2v) is 7.66. The Morgan fingerprint density at radius 1 is 1.10 bits per heavy atom. The third kappa shape index (κ3) is 2.11. The maximum atomic E-state index is 6.98. The van der Waals surface area contributed by atoms with Gasteiger partial charge < -0.3 is 5.73 Å². The number of aryl methyl sites for hydroxylation is 1. The summed E-state index contributed by atoms with van der Waals surface area (Å²) in [5, 5.41) is 0. The van der Waals surface area contributed by atoms with Crippen molar-refractivity contribution in [1.82, 2.24) is 0 Å². The molecule has 1 heteroatoms. The molecule has 3 aliphatic carbocycles. The maximum absolute atomic E-state index is 6.98. The molecule has 0 aromatic heterocycles. The van der Waals surface area contributed by atoms with Crippen molar-refractivity contribution in [3.8, 4) is 0 Å². The van der Waals surface area contributed by atoms with Crippen molar-refractivity contribution in [3.05, 3.63) is 35.4 Å². The van der Waals surface area contributed by atoms with Crippen LogP contribution in [0.25, 0.3) is 0 Å². The van der Waals surface area contributed by atoms with E-state index < -0.39 is 0 Å². The van der Waals surface area contributed by atoms with E-state index in [2.05, 4.69) is 24.3 Å². The zero-order chi connectivity index (χ0) is 13.6. The number of hydrogen-bond donors (Lipinski definition) is 1. The van der Waals surface area contributed by atoms with E-state index in [1.807, 2.05) is 0 Å². The average Bonchev–Trinajstić information content (AvgIpc) is 3.02. The Bertz CT molecular complexity index is 494. The van der Waals surface area contributed by atoms with Gasteiger partial charge >= 0.3 is 0 Å². The fourth-order valence-corrected chi connectivity index (χ4v) is 5.42. The maximum Gasteiger partial charge on any atom is 0.0415 e. The van der Waals surface area contributed by atoms with E-state index in [-0.39, 0.29) is 5.54 Å². The Labute approximate surface area is 122 Å². The number of nitrogens with two attached hydrogens (primary N) is 1. The summed E-state index contributed by atoms with van der Waals surface area (Å²) in [6, 6.07) is 8.99. The summed E-state index contributed by atoms with van der Waals surface area (Å²) >= 11 is 0. The van der Waals surface area contributed by atoms with Gasteiger partial charge in [0.2, 0.25) is 0 Å². The van der Waals surface area contributed by atoms with E-state index in [9.17, 15) is 0 Å². The standard InChI is InChI=1S/C19H27N/c20-19(13-17-12-14-8-9-16(17)11-14)10-4-3-6-15-5-1-2-7-18(15)19/h1-2,5,7,14,16-17H,3-4,6,8-13,20H2. The lowest BCUT2D eigenvalue weighted by atomic mass is 9.74. The van der Waals surface area contributed by atoms with Crippen LogP contribution in [0.4, 0.5) is 0 Å². The molecule has 3 aliphatic rings. The summed E-state index contributed by atoms with van der Waals surface area (Å²) in [7, 11) is 0. The lowest BCUT2D eigenvalue weighted by molar-refractivity contribution is 0.231. The summed E-state index contributed by atoms with van der Waals surface area (Å²) in [6.07, 6.45) is 12.2. The van der Waals surface area contributed by atoms with Crippen LogP contribution in [-0.2, 0) is 12.0 Å². The molecule has 4 unspecified atom stereocenters. The van der Waals surface area contributed by atoms with E-state index >= 15 is 0 Å². The average molecular weight is 269 g/mol. The highest BCUT2D eigenvalue weighted by atomic mass is 14.8. The Morgan fingerprint density at radius 3 is 2.80 bits per heavy atom. The van der Waals surface area contributed by atoms with E-state index in [0.717, 1.165) is 17.8 Å². The van der Waals surface area contributed by atoms with Crippen molar-refractivity contribution >= 4 is 0 Å². The van der Waals surface area contributed by atoms with Gasteiger partial charge in [0, 0.05) is 5.54 Å². The van der Waals surface area contributed by atoms with Crippen LogP contribution in [0.2, 0.25) is 0 Å². The van der Waals surface area contributed by atoms with E-state index in [1.54, 1.807) is 0 Å². The van der Waals surface area contributed by atoms with Crippen LogP contribution in [0.5, 0.6) is 0 Å². The Balaban J connectivity index is 1.62. The van der Waals surface area contributed by atoms with Crippen LogP contribution in [0.3, 0.4) is 0 Å². The highest BCUT2D eigenvalue weighted by molar-refractivity contribution is 5.35. The lowest BCUT2D eigenvalue weighted by Crippen LogP contribution is -2.39. The minimum Gasteiger partial charge on any atom is -0.321 e. The van der Waals surface area contributed by atoms with Gasteiger partial charge in [-0.25, -0.2) is 0 Å². The van der Waals surface area contributed by atoms with Crippen molar-refractivity contribution in [3.63, 3.8) is 0 Å². The monoisotopic (exact) mass is 269 g/mol. The van der Waals surface area contributed by atoms with Crippen LogP contribution in [0.15, 0.2) is 24.3 Å². The molecule has 108 valence electrons. The molecule has 2 fully saturated rings. The smallest absolute Gasteiger partial charge is 0.0415 e. The molecule has 4 rings (SSSR count). The fraction of sp³-hybridized carbons (Fsp3) is 0.684. The summed E-state index contributed by atoms with van der Waals surface area (Å²) < 4.78 is 0. The van der Waals surface area contributed by atoms with Gasteiger partial charge in [0.15, 0.2) is 0 Å². The molecular formula is C19H27N. The van der Waals surface area contributed by atoms with Crippen LogP contribution >= 0.6 is 0 Å². The first-order valence-corrected chi connectivity index (χ1v) is 8.62. The van der Waals surface area contributed by atoms with E-state index in [1.165, 1.54) is 68.9 Å². The second kappa shape index (κ2) is 4.87. The molecule has 1 aromatic rings. The molecule has 0 radical (unpaired) electrons. The summed E-state index contributed by atoms with van der Waals surface area (Å²) in [4.78, 5) is 0. The molecule has 0 amide bonds. The predicted molar refractivity (Wildman–Crippen MR) is 83.4 cm³/mol. The van der Waals surface area contributed by atoms with Crippen molar-refractivity contribution in [2.24, 2.45) is 23.5 Å². The molecule has 2 saturated carbocycles. The molecule has 1 nitrogen and oxygen atoms in total. The molecule has 1 aromatic carbocycles. The number of fused-ring (bicyclic) bond motifs is 3. The van der Waals surface area contributed by atoms with Crippen LogP contribution in [0.1, 0.15) is 62.5 Å². The summed E-state index contributed by atoms with van der Waals surface area (Å²) in [5.41, 5.74) is 9.94. The molecule has 20 heavy (non-hydrogen) atoms. The van der Waals surface area contributed by atoms with Gasteiger partial charge in [-0.05, 0) is 73.8 Å². The first-order valence-electron chi connectivity index (χ1n) is 8.62. The highest BCUT2D eigenvalue weighted by Crippen LogP contribution is 2.52. The fourth-order valence-electron chi connectivity index (χ4n) is 5.42. The minimum absolute atomic E-state index is 0.0394. The highest BCUT2D eigenvalue weighted by Gasteiger charge is 2.43. The van der Waals surface area contributed by atoms with Gasteiger partial charge in [-0.3, -0.25) is 0 Å². The van der Waals surface area contributed by atoms with E-state index in [4.69, 9.17) is 5.73 Å². The van der Waals surface area contributed by atoms with Crippen LogP contribution < -0.4 is 5.73 Å². The van der Waals surface area contributed by atoms with Crippen molar-refractivity contribution in [2.45, 2.75) is 63.3 Å². The van der Waals surface area contributed by atoms with Crippen molar-refractivity contribution in [2.75, 3.05) is 0 Å². The van der Waals surface area contributed by atoms with Crippen LogP contribution in [-0.4, -0.2) is 0 Å². The third-order valence-corrected chi connectivity index (χ3v) is 6.38. The molecule has 4 atom stereocenters. The van der Waals surface area contributed by atoms with Gasteiger partial charge in [-0.1, -0.05) is 37.1 Å². The topological polar surface area (TPSA) is 26.0 Å². The predicted octanol–water partition coefficient (Wildman–Crippen LogP) is 4.39. The third-order valence-electron chi connectivity index (χ3n) is 6.38. The first-order chi connectivity index (χ1) is 9.74. The molecule has 2 bridgehead atoms. The number of hydrogen-bond acceptors (Lipinski definition) is 1. The Morgan fingerprint density at radius 2 is 2.00 bits per heavy atom. The second-order valence-electron chi connectivity index (χ2n) is 7.66. The molecule has 2 N–H and O–H groups in total. The Hall–Kier alpha value is -0.820. The molecule has 0 aliphatic heterocycles. The van der Waals surface area contributed by atoms with Gasteiger partial charge in [-0.15, -0.1) is 0 Å². The lowest BCUT2D eigenvalue weighted by Gasteiger charge is -2.36. The summed E-state index contributed by atoms with van der Waals surface area (Å²) in [6.45, 7) is 0. The molecule has 0 saturated heterocycles. The Kier molecular flexibility index (Phi) is 3.14. The number of rotatable bonds is 2. The van der Waals surface area contributed by atoms with Gasteiger partial charge in [0.05, 0.1) is 0 Å². The molecular weight excluding hydrogens is 242 g/mol.